The van der Waals surface area contributed by atoms with Crippen molar-refractivity contribution in [2.24, 2.45) is 16.8 Å². The molecule has 8 rings (SSSR count). The Morgan fingerprint density at radius 2 is 2.32 bits per heavy atom. The van der Waals surface area contributed by atoms with E-state index in [2.05, 4.69) is 4.90 Å². The first-order valence-electron chi connectivity index (χ1n) is 10.0. The van der Waals surface area contributed by atoms with E-state index in [4.69, 9.17) is 23.9 Å². The summed E-state index contributed by atoms with van der Waals surface area (Å²) in [6, 6.07) is 2.79. The molecule has 1 unspecified atom stereocenters. The Labute approximate surface area is 162 Å². The quantitative estimate of drug-likeness (QED) is 0.786. The van der Waals surface area contributed by atoms with E-state index in [-0.39, 0.29) is 18.8 Å². The Balaban J connectivity index is 1.45. The Kier molecular flexibility index (Phi) is 2.80. The van der Waals surface area contributed by atoms with Crippen LogP contribution >= 0.6 is 0 Å². The third-order valence-corrected chi connectivity index (χ3v) is 7.87. The molecule has 146 valence electrons. The molecule has 1 N–H and O–H groups in total. The number of methoxy groups -OCH3 is 1. The number of rotatable bonds is 2. The molecule has 5 fully saturated rings. The second kappa shape index (κ2) is 5.02. The lowest BCUT2D eigenvalue weighted by Gasteiger charge is -2.54. The first-order valence-corrected chi connectivity index (χ1v) is 10.0. The fourth-order valence-corrected chi connectivity index (χ4v) is 6.92. The lowest BCUT2D eigenvalue weighted by molar-refractivity contribution is -0.0155. The number of aliphatic imine (C=N–C) groups is 1. The van der Waals surface area contributed by atoms with Crippen LogP contribution in [0.4, 0.5) is 5.69 Å². The topological polar surface area (TPSA) is 72.8 Å². The summed E-state index contributed by atoms with van der Waals surface area (Å²) in [4.78, 5) is 7.59. The zero-order chi connectivity index (χ0) is 18.6. The van der Waals surface area contributed by atoms with Crippen LogP contribution in [-0.2, 0) is 10.2 Å². The molecule has 0 aromatic heterocycles. The van der Waals surface area contributed by atoms with E-state index < -0.39 is 0 Å². The van der Waals surface area contributed by atoms with Gasteiger partial charge in [0, 0.05) is 36.2 Å². The van der Waals surface area contributed by atoms with Crippen LogP contribution in [0.5, 0.6) is 17.2 Å². The summed E-state index contributed by atoms with van der Waals surface area (Å²) in [6.45, 7) is 1.95. The van der Waals surface area contributed by atoms with Gasteiger partial charge in [0.05, 0.1) is 31.4 Å². The van der Waals surface area contributed by atoms with E-state index in [0.29, 0.717) is 42.0 Å². The molecule has 28 heavy (non-hydrogen) atoms. The molecule has 7 heterocycles. The zero-order valence-electron chi connectivity index (χ0n) is 15.7. The second-order valence-electron chi connectivity index (χ2n) is 8.66. The van der Waals surface area contributed by atoms with Gasteiger partial charge in [-0.15, -0.1) is 0 Å². The van der Waals surface area contributed by atoms with Gasteiger partial charge in [-0.2, -0.15) is 0 Å². The van der Waals surface area contributed by atoms with Crippen LogP contribution in [0.25, 0.3) is 0 Å². The highest BCUT2D eigenvalue weighted by atomic mass is 16.7. The van der Waals surface area contributed by atoms with Crippen molar-refractivity contribution in [3.8, 4) is 17.2 Å². The summed E-state index contributed by atoms with van der Waals surface area (Å²) < 4.78 is 23.6. The van der Waals surface area contributed by atoms with Crippen LogP contribution in [0.15, 0.2) is 22.7 Å². The number of hydrogen-bond donors (Lipinski definition) is 1. The van der Waals surface area contributed by atoms with E-state index in [9.17, 15) is 5.11 Å². The molecule has 5 bridgehead atoms. The van der Waals surface area contributed by atoms with Gasteiger partial charge in [0.25, 0.3) is 0 Å². The maximum Gasteiger partial charge on any atom is 0.231 e. The molecule has 7 aliphatic rings. The first-order chi connectivity index (χ1) is 13.8. The van der Waals surface area contributed by atoms with Crippen molar-refractivity contribution in [2.75, 3.05) is 33.7 Å². The monoisotopic (exact) mass is 382 g/mol. The van der Waals surface area contributed by atoms with Gasteiger partial charge in [0.1, 0.15) is 0 Å². The standard InChI is InChI=1S/C21H22N2O5/c1-25-19-17-13(5-15-18(19)28-9-27-15)22-20-21(17)6-14-12(8-26-20)11-4-16(21)23(14)7-10(11)2-3-24/h2,5,11-12,14,16,24H,3-4,6-9H2,1H3/b10-2+/t11-,12+,14+,16+,21+/m1/s1. The molecule has 7 nitrogen and oxygen atoms in total. The van der Waals surface area contributed by atoms with Crippen LogP contribution in [0, 0.1) is 11.8 Å². The number of aliphatic hydroxyl groups excluding tert-OH is 1. The summed E-state index contributed by atoms with van der Waals surface area (Å²) >= 11 is 0. The van der Waals surface area contributed by atoms with Crippen molar-refractivity contribution < 1.29 is 24.1 Å². The molecule has 7 heteroatoms. The number of aliphatic hydroxyl groups is 1. The van der Waals surface area contributed by atoms with E-state index in [1.807, 2.05) is 12.1 Å². The van der Waals surface area contributed by atoms with Gasteiger partial charge in [-0.05, 0) is 18.8 Å². The summed E-state index contributed by atoms with van der Waals surface area (Å²) in [5.74, 6) is 3.92. The van der Waals surface area contributed by atoms with Gasteiger partial charge >= 0.3 is 0 Å². The van der Waals surface area contributed by atoms with Crippen LogP contribution < -0.4 is 14.2 Å². The highest BCUT2D eigenvalue weighted by molar-refractivity contribution is 6.00. The average Bonchev–Trinajstić information content (AvgIpc) is 3.31. The van der Waals surface area contributed by atoms with Crippen molar-refractivity contribution in [3.63, 3.8) is 0 Å². The molecule has 6 atom stereocenters. The number of piperidine rings is 3. The summed E-state index contributed by atoms with van der Waals surface area (Å²) in [6.07, 6.45) is 4.09. The number of fused-ring (bicyclic) bond motifs is 3. The summed E-state index contributed by atoms with van der Waals surface area (Å²) in [5.41, 5.74) is 3.10. The smallest absolute Gasteiger partial charge is 0.231 e. The normalized spacial score (nSPS) is 41.6. The molecule has 0 radical (unpaired) electrons. The predicted molar refractivity (Wildman–Crippen MR) is 99.5 cm³/mol. The van der Waals surface area contributed by atoms with Crippen LogP contribution in [0.1, 0.15) is 18.4 Å². The lowest BCUT2D eigenvalue weighted by atomic mass is 9.68. The molecule has 0 amide bonds. The maximum absolute atomic E-state index is 9.47. The minimum absolute atomic E-state index is 0.112. The molecule has 0 aliphatic carbocycles. The molecular formula is C21H22N2O5. The van der Waals surface area contributed by atoms with Gasteiger partial charge < -0.3 is 24.1 Å². The van der Waals surface area contributed by atoms with Gasteiger partial charge in [0.15, 0.2) is 11.5 Å². The van der Waals surface area contributed by atoms with E-state index in [1.54, 1.807) is 7.11 Å². The lowest BCUT2D eigenvalue weighted by Crippen LogP contribution is -2.61. The minimum Gasteiger partial charge on any atom is -0.492 e. The number of hydrogen-bond acceptors (Lipinski definition) is 7. The van der Waals surface area contributed by atoms with Crippen molar-refractivity contribution >= 4 is 11.6 Å². The molecular weight excluding hydrogens is 360 g/mol. The summed E-state index contributed by atoms with van der Waals surface area (Å²) in [7, 11) is 1.70. The largest absolute Gasteiger partial charge is 0.492 e. The Hall–Kier alpha value is -2.25. The molecule has 1 aromatic carbocycles. The average molecular weight is 382 g/mol. The predicted octanol–water partition coefficient (Wildman–Crippen LogP) is 1.75. The molecule has 7 aliphatic heterocycles. The fraction of sp³-hybridized carbons (Fsp3) is 0.571. The molecule has 1 aromatic rings. The van der Waals surface area contributed by atoms with Crippen LogP contribution in [-0.4, -0.2) is 61.6 Å². The third-order valence-electron chi connectivity index (χ3n) is 7.87. The van der Waals surface area contributed by atoms with E-state index >= 15 is 0 Å². The van der Waals surface area contributed by atoms with Gasteiger partial charge in [-0.25, -0.2) is 4.99 Å². The highest BCUT2D eigenvalue weighted by Gasteiger charge is 2.69. The minimum atomic E-state index is -0.277. The molecule has 1 spiro atoms. The Morgan fingerprint density at radius 3 is 3.18 bits per heavy atom. The number of benzene rings is 1. The van der Waals surface area contributed by atoms with Crippen molar-refractivity contribution in [1.29, 1.82) is 0 Å². The van der Waals surface area contributed by atoms with Crippen LogP contribution in [0.2, 0.25) is 0 Å². The molecule has 0 saturated carbocycles. The SMILES string of the molecule is COc1c2c(cc3c1[C@@]14C[C@H]5[C@@H](COC1=N3)[C@@H]1C[C@@H]4N5C/C1=C\CO)OCO2. The van der Waals surface area contributed by atoms with Gasteiger partial charge in [-0.1, -0.05) is 11.6 Å². The third kappa shape index (κ3) is 1.56. The van der Waals surface area contributed by atoms with Gasteiger partial charge in [0.2, 0.25) is 18.4 Å². The summed E-state index contributed by atoms with van der Waals surface area (Å²) in [5, 5.41) is 9.47. The van der Waals surface area contributed by atoms with E-state index in [0.717, 1.165) is 42.3 Å². The Bertz CT molecular complexity index is 972. The number of ether oxygens (including phenoxy) is 4. The van der Waals surface area contributed by atoms with Crippen molar-refractivity contribution in [3.05, 3.63) is 23.3 Å². The van der Waals surface area contributed by atoms with E-state index in [1.165, 1.54) is 5.57 Å². The van der Waals surface area contributed by atoms with Gasteiger partial charge in [-0.3, -0.25) is 4.90 Å². The first kappa shape index (κ1) is 15.6. The Morgan fingerprint density at radius 1 is 1.39 bits per heavy atom. The number of nitrogens with zero attached hydrogens (tertiary/aromatic N) is 2. The highest BCUT2D eigenvalue weighted by Crippen LogP contribution is 2.66. The molecule has 5 saturated heterocycles. The second-order valence-corrected chi connectivity index (χ2v) is 8.66. The maximum atomic E-state index is 9.47. The zero-order valence-corrected chi connectivity index (χ0v) is 15.7. The van der Waals surface area contributed by atoms with Crippen LogP contribution in [0.3, 0.4) is 0 Å². The van der Waals surface area contributed by atoms with Crippen molar-refractivity contribution in [2.45, 2.75) is 30.3 Å². The fourth-order valence-electron chi connectivity index (χ4n) is 6.92. The van der Waals surface area contributed by atoms with Crippen molar-refractivity contribution in [1.82, 2.24) is 4.90 Å².